The van der Waals surface area contributed by atoms with Crippen LogP contribution in [0.25, 0.3) is 0 Å². The van der Waals surface area contributed by atoms with E-state index in [2.05, 4.69) is 5.32 Å². The predicted octanol–water partition coefficient (Wildman–Crippen LogP) is 2.96. The topological polar surface area (TPSA) is 92.8 Å². The highest BCUT2D eigenvalue weighted by atomic mass is 32.2. The van der Waals surface area contributed by atoms with Crippen LogP contribution in [0.3, 0.4) is 0 Å². The number of ether oxygens (including phenoxy) is 1. The molecule has 1 N–H and O–H groups in total. The number of carbonyl (C=O) groups excluding carboxylic acids is 2. The monoisotopic (exact) mass is 422 g/mol. The zero-order chi connectivity index (χ0) is 21.6. The number of nitrogens with one attached hydrogen (secondary N) is 1. The standard InChI is InChI=1S/C20H23FN2O5S/c1-4-23(5-2)29(26,27)17-10-7-15(8-11-17)20(25)28-13-19(24)22-18-12-16(21)9-6-14(18)3/h6-12H,4-5,13H2,1-3H3,(H,22,24). The highest BCUT2D eigenvalue weighted by Crippen LogP contribution is 2.17. The Bertz CT molecular complexity index is 986. The third kappa shape index (κ3) is 5.61. The van der Waals surface area contributed by atoms with Crippen molar-refractivity contribution in [2.75, 3.05) is 25.0 Å². The Balaban J connectivity index is 1.99. The first-order chi connectivity index (χ1) is 13.7. The molecule has 0 fully saturated rings. The number of hydrogen-bond donors (Lipinski definition) is 1. The molecule has 0 unspecified atom stereocenters. The van der Waals surface area contributed by atoms with Crippen molar-refractivity contribution in [2.24, 2.45) is 0 Å². The second-order valence-corrected chi connectivity index (χ2v) is 8.14. The minimum Gasteiger partial charge on any atom is -0.452 e. The van der Waals surface area contributed by atoms with Gasteiger partial charge in [-0.25, -0.2) is 17.6 Å². The molecular formula is C20H23FN2O5S. The van der Waals surface area contributed by atoms with E-state index in [4.69, 9.17) is 4.74 Å². The van der Waals surface area contributed by atoms with E-state index in [0.717, 1.165) is 0 Å². The molecule has 0 spiro atoms. The van der Waals surface area contributed by atoms with Gasteiger partial charge >= 0.3 is 5.97 Å². The quantitative estimate of drug-likeness (QED) is 0.661. The molecular weight excluding hydrogens is 399 g/mol. The van der Waals surface area contributed by atoms with Crippen LogP contribution in [-0.2, 0) is 19.6 Å². The molecule has 0 saturated heterocycles. The summed E-state index contributed by atoms with van der Waals surface area (Å²) in [5.41, 5.74) is 1.06. The average molecular weight is 422 g/mol. The van der Waals surface area contributed by atoms with Crippen LogP contribution in [0.5, 0.6) is 0 Å². The minimum atomic E-state index is -3.63. The van der Waals surface area contributed by atoms with Crippen LogP contribution in [0.2, 0.25) is 0 Å². The van der Waals surface area contributed by atoms with E-state index in [1.807, 2.05) is 0 Å². The summed E-state index contributed by atoms with van der Waals surface area (Å²) in [5.74, 6) is -1.89. The fraction of sp³-hybridized carbons (Fsp3) is 0.300. The molecule has 2 aromatic carbocycles. The van der Waals surface area contributed by atoms with E-state index in [1.54, 1.807) is 20.8 Å². The number of nitrogens with zero attached hydrogens (tertiary/aromatic N) is 1. The fourth-order valence-electron chi connectivity index (χ4n) is 2.61. The van der Waals surface area contributed by atoms with Gasteiger partial charge in [0.15, 0.2) is 6.61 Å². The van der Waals surface area contributed by atoms with Crippen LogP contribution >= 0.6 is 0 Å². The maximum Gasteiger partial charge on any atom is 0.338 e. The Morgan fingerprint density at radius 1 is 1.07 bits per heavy atom. The van der Waals surface area contributed by atoms with Gasteiger partial charge in [-0.15, -0.1) is 0 Å². The first-order valence-electron chi connectivity index (χ1n) is 9.02. The molecule has 7 nitrogen and oxygen atoms in total. The maximum atomic E-state index is 13.3. The van der Waals surface area contributed by atoms with Crippen molar-refractivity contribution in [1.82, 2.24) is 4.31 Å². The number of aryl methyl sites for hydroxylation is 1. The third-order valence-electron chi connectivity index (χ3n) is 4.24. The van der Waals surface area contributed by atoms with Gasteiger partial charge in [-0.2, -0.15) is 4.31 Å². The van der Waals surface area contributed by atoms with E-state index in [0.29, 0.717) is 18.7 Å². The SMILES string of the molecule is CCN(CC)S(=O)(=O)c1ccc(C(=O)OCC(=O)Nc2cc(F)ccc2C)cc1. The zero-order valence-electron chi connectivity index (χ0n) is 16.4. The lowest BCUT2D eigenvalue weighted by Crippen LogP contribution is -2.30. The molecule has 0 saturated carbocycles. The van der Waals surface area contributed by atoms with E-state index in [1.165, 1.54) is 46.8 Å². The number of anilines is 1. The lowest BCUT2D eigenvalue weighted by Gasteiger charge is -2.18. The second kappa shape index (κ2) is 9.62. The van der Waals surface area contributed by atoms with Gasteiger partial charge in [0.1, 0.15) is 5.82 Å². The zero-order valence-corrected chi connectivity index (χ0v) is 17.3. The van der Waals surface area contributed by atoms with Crippen LogP contribution in [0.1, 0.15) is 29.8 Å². The highest BCUT2D eigenvalue weighted by Gasteiger charge is 2.22. The van der Waals surface area contributed by atoms with Gasteiger partial charge in [0.2, 0.25) is 10.0 Å². The minimum absolute atomic E-state index is 0.0667. The summed E-state index contributed by atoms with van der Waals surface area (Å²) in [6, 6.07) is 9.26. The van der Waals surface area contributed by atoms with Crippen LogP contribution in [0.15, 0.2) is 47.4 Å². The molecule has 0 atom stereocenters. The number of carbonyl (C=O) groups is 2. The lowest BCUT2D eigenvalue weighted by atomic mass is 10.2. The van der Waals surface area contributed by atoms with Crippen LogP contribution < -0.4 is 5.32 Å². The van der Waals surface area contributed by atoms with Crippen molar-refractivity contribution in [2.45, 2.75) is 25.7 Å². The van der Waals surface area contributed by atoms with Gasteiger partial charge in [0.05, 0.1) is 10.5 Å². The van der Waals surface area contributed by atoms with Crippen molar-refractivity contribution in [3.63, 3.8) is 0 Å². The van der Waals surface area contributed by atoms with Crippen molar-refractivity contribution >= 4 is 27.6 Å². The van der Waals surface area contributed by atoms with E-state index in [9.17, 15) is 22.4 Å². The summed E-state index contributed by atoms with van der Waals surface area (Å²) in [4.78, 5) is 24.1. The van der Waals surface area contributed by atoms with Crippen molar-refractivity contribution in [3.8, 4) is 0 Å². The van der Waals surface area contributed by atoms with Crippen LogP contribution in [0, 0.1) is 12.7 Å². The maximum absolute atomic E-state index is 13.3. The Hall–Kier alpha value is -2.78. The van der Waals surface area contributed by atoms with Crippen LogP contribution in [-0.4, -0.2) is 44.3 Å². The Labute approximate surface area is 169 Å². The molecule has 0 aliphatic heterocycles. The van der Waals surface area contributed by atoms with Gasteiger partial charge in [-0.3, -0.25) is 4.79 Å². The molecule has 0 bridgehead atoms. The first kappa shape index (κ1) is 22.5. The molecule has 2 rings (SSSR count). The molecule has 0 heterocycles. The van der Waals surface area contributed by atoms with Gasteiger partial charge in [0.25, 0.3) is 5.91 Å². The molecule has 156 valence electrons. The molecule has 29 heavy (non-hydrogen) atoms. The molecule has 9 heteroatoms. The molecule has 1 amide bonds. The summed E-state index contributed by atoms with van der Waals surface area (Å²) in [7, 11) is -3.63. The van der Waals surface area contributed by atoms with Crippen LogP contribution in [0.4, 0.5) is 10.1 Å². The summed E-state index contributed by atoms with van der Waals surface area (Å²) in [6.45, 7) is 5.29. The summed E-state index contributed by atoms with van der Waals surface area (Å²) in [5, 5.41) is 2.47. The van der Waals surface area contributed by atoms with E-state index >= 15 is 0 Å². The van der Waals surface area contributed by atoms with Crippen molar-refractivity contribution < 1.29 is 27.1 Å². The van der Waals surface area contributed by atoms with Gasteiger partial charge in [-0.05, 0) is 48.9 Å². The number of halogens is 1. The Morgan fingerprint density at radius 3 is 2.28 bits per heavy atom. The normalized spacial score (nSPS) is 11.3. The van der Waals surface area contributed by atoms with Gasteiger partial charge in [-0.1, -0.05) is 19.9 Å². The van der Waals surface area contributed by atoms with Crippen molar-refractivity contribution in [3.05, 3.63) is 59.4 Å². The largest absolute Gasteiger partial charge is 0.452 e. The molecule has 0 radical (unpaired) electrons. The van der Waals surface area contributed by atoms with E-state index in [-0.39, 0.29) is 16.1 Å². The predicted molar refractivity (Wildman–Crippen MR) is 107 cm³/mol. The number of amides is 1. The smallest absolute Gasteiger partial charge is 0.338 e. The number of hydrogen-bond acceptors (Lipinski definition) is 5. The molecule has 0 aliphatic rings. The molecule has 2 aromatic rings. The number of esters is 1. The fourth-order valence-corrected chi connectivity index (χ4v) is 4.06. The Kier molecular flexibility index (Phi) is 7.46. The molecule has 0 aromatic heterocycles. The number of rotatable bonds is 8. The van der Waals surface area contributed by atoms with Crippen molar-refractivity contribution in [1.29, 1.82) is 0 Å². The number of sulfonamides is 1. The second-order valence-electron chi connectivity index (χ2n) is 6.20. The highest BCUT2D eigenvalue weighted by molar-refractivity contribution is 7.89. The van der Waals surface area contributed by atoms with Gasteiger partial charge < -0.3 is 10.1 Å². The number of benzene rings is 2. The van der Waals surface area contributed by atoms with E-state index < -0.39 is 34.3 Å². The molecule has 0 aliphatic carbocycles. The third-order valence-corrected chi connectivity index (χ3v) is 6.31. The first-order valence-corrected chi connectivity index (χ1v) is 10.5. The van der Waals surface area contributed by atoms with Gasteiger partial charge in [0, 0.05) is 18.8 Å². The summed E-state index contributed by atoms with van der Waals surface area (Å²) < 4.78 is 44.4. The summed E-state index contributed by atoms with van der Waals surface area (Å²) in [6.07, 6.45) is 0. The summed E-state index contributed by atoms with van der Waals surface area (Å²) >= 11 is 0. The lowest BCUT2D eigenvalue weighted by molar-refractivity contribution is -0.119. The average Bonchev–Trinajstić information content (AvgIpc) is 2.69. The Morgan fingerprint density at radius 2 is 1.69 bits per heavy atom.